The van der Waals surface area contributed by atoms with E-state index < -0.39 is 11.4 Å². The van der Waals surface area contributed by atoms with Crippen molar-refractivity contribution in [3.05, 3.63) is 21.9 Å². The fourth-order valence-electron chi connectivity index (χ4n) is 2.54. The number of thiophene rings is 1. The van der Waals surface area contributed by atoms with E-state index in [-0.39, 0.29) is 5.91 Å². The Bertz CT molecular complexity index is 511. The van der Waals surface area contributed by atoms with Gasteiger partial charge in [-0.05, 0) is 45.2 Å². The van der Waals surface area contributed by atoms with Gasteiger partial charge in [-0.1, -0.05) is 0 Å². The van der Waals surface area contributed by atoms with Gasteiger partial charge >= 0.3 is 5.97 Å². The van der Waals surface area contributed by atoms with Gasteiger partial charge in [0.1, 0.15) is 0 Å². The number of aryl methyl sites for hydroxylation is 2. The summed E-state index contributed by atoms with van der Waals surface area (Å²) >= 11 is 1.77. The molecule has 1 aliphatic heterocycles. The molecule has 0 spiro atoms. The van der Waals surface area contributed by atoms with E-state index in [1.807, 2.05) is 0 Å². The van der Waals surface area contributed by atoms with Gasteiger partial charge in [0.2, 0.25) is 5.91 Å². The molecule has 110 valence electrons. The Morgan fingerprint density at radius 3 is 2.75 bits per heavy atom. The Morgan fingerprint density at radius 2 is 2.20 bits per heavy atom. The van der Waals surface area contributed by atoms with Crippen molar-refractivity contribution >= 4 is 23.2 Å². The number of carboxylic acid groups (broad SMARTS) is 1. The van der Waals surface area contributed by atoms with Crippen LogP contribution in [0.1, 0.15) is 35.9 Å². The van der Waals surface area contributed by atoms with Crippen molar-refractivity contribution in [1.82, 2.24) is 4.90 Å². The molecule has 1 atom stereocenters. The van der Waals surface area contributed by atoms with Gasteiger partial charge in [-0.15, -0.1) is 11.3 Å². The lowest BCUT2D eigenvalue weighted by molar-refractivity contribution is -0.147. The minimum Gasteiger partial charge on any atom is -0.481 e. The normalized spacial score (nSPS) is 22.2. The molecule has 0 aromatic carbocycles. The number of rotatable bonds is 5. The summed E-state index contributed by atoms with van der Waals surface area (Å²) in [6.07, 6.45) is 2.82. The number of hydrogen-bond donors (Lipinski definition) is 1. The van der Waals surface area contributed by atoms with E-state index in [1.165, 1.54) is 9.75 Å². The summed E-state index contributed by atoms with van der Waals surface area (Å²) in [5.41, 5.74) is -0.763. The molecule has 1 amide bonds. The van der Waals surface area contributed by atoms with Gasteiger partial charge in [0.15, 0.2) is 0 Å². The summed E-state index contributed by atoms with van der Waals surface area (Å²) in [5.74, 6) is -0.717. The second-order valence-corrected chi connectivity index (χ2v) is 7.17. The molecule has 1 unspecified atom stereocenters. The van der Waals surface area contributed by atoms with Crippen LogP contribution in [0, 0.1) is 12.3 Å². The Hall–Kier alpha value is -1.36. The van der Waals surface area contributed by atoms with E-state index >= 15 is 0 Å². The Balaban J connectivity index is 1.77. The highest BCUT2D eigenvalue weighted by Gasteiger charge is 2.41. The Kier molecular flexibility index (Phi) is 4.48. The lowest BCUT2D eigenvalue weighted by atomic mass is 9.90. The number of carbonyl (C=O) groups is 2. The number of likely N-dealkylation sites (tertiary alicyclic amines) is 1. The number of nitrogens with zero attached hydrogens (tertiary/aromatic N) is 1. The number of carboxylic acids is 1. The van der Waals surface area contributed by atoms with Crippen LogP contribution in [0.15, 0.2) is 12.1 Å². The summed E-state index contributed by atoms with van der Waals surface area (Å²) in [7, 11) is 0. The van der Waals surface area contributed by atoms with Gasteiger partial charge in [0.05, 0.1) is 5.41 Å². The zero-order valence-electron chi connectivity index (χ0n) is 12.0. The molecule has 1 N–H and O–H groups in total. The summed E-state index contributed by atoms with van der Waals surface area (Å²) in [4.78, 5) is 27.6. The zero-order chi connectivity index (χ0) is 14.8. The molecule has 1 aromatic rings. The summed E-state index contributed by atoms with van der Waals surface area (Å²) in [5, 5.41) is 9.16. The molecule has 2 rings (SSSR count). The smallest absolute Gasteiger partial charge is 0.311 e. The van der Waals surface area contributed by atoms with Crippen molar-refractivity contribution in [1.29, 1.82) is 0 Å². The third kappa shape index (κ3) is 3.39. The quantitative estimate of drug-likeness (QED) is 0.908. The molecule has 1 aliphatic rings. The van der Waals surface area contributed by atoms with Gasteiger partial charge in [-0.3, -0.25) is 9.59 Å². The van der Waals surface area contributed by atoms with Gasteiger partial charge in [0, 0.05) is 29.3 Å². The third-order valence-corrected chi connectivity index (χ3v) is 5.01. The minimum absolute atomic E-state index is 0.0863. The van der Waals surface area contributed by atoms with Crippen LogP contribution in [-0.2, 0) is 16.0 Å². The largest absolute Gasteiger partial charge is 0.481 e. The fourth-order valence-corrected chi connectivity index (χ4v) is 3.47. The summed E-state index contributed by atoms with van der Waals surface area (Å²) < 4.78 is 0. The van der Waals surface area contributed by atoms with Crippen molar-refractivity contribution < 1.29 is 14.7 Å². The van der Waals surface area contributed by atoms with E-state index in [0.717, 1.165) is 12.8 Å². The monoisotopic (exact) mass is 295 g/mol. The summed E-state index contributed by atoms with van der Waals surface area (Å²) in [6.45, 7) is 4.71. The number of aliphatic carboxylic acids is 1. The molecule has 5 heteroatoms. The topological polar surface area (TPSA) is 57.6 Å². The molecular formula is C15H21NO3S. The maximum atomic E-state index is 12.1. The zero-order valence-corrected chi connectivity index (χ0v) is 12.8. The van der Waals surface area contributed by atoms with Crippen LogP contribution in [0.2, 0.25) is 0 Å². The van der Waals surface area contributed by atoms with Crippen LogP contribution in [0.3, 0.4) is 0 Å². The van der Waals surface area contributed by atoms with E-state index in [9.17, 15) is 9.59 Å². The average molecular weight is 295 g/mol. The van der Waals surface area contributed by atoms with Crippen LogP contribution >= 0.6 is 11.3 Å². The summed E-state index contributed by atoms with van der Waals surface area (Å²) in [6, 6.07) is 4.21. The van der Waals surface area contributed by atoms with Gasteiger partial charge < -0.3 is 10.0 Å². The standard InChI is InChI=1S/C15H21NO3S/c1-11-6-7-12(20-11)4-3-5-13(17)16-9-8-15(2,10-16)14(18)19/h6-7H,3-5,8-10H2,1-2H3,(H,18,19). The molecule has 1 aromatic heterocycles. The van der Waals surface area contributed by atoms with E-state index in [0.29, 0.717) is 25.9 Å². The second-order valence-electron chi connectivity index (χ2n) is 5.80. The lowest BCUT2D eigenvalue weighted by Gasteiger charge is -2.20. The van der Waals surface area contributed by atoms with Crippen LogP contribution in [0.25, 0.3) is 0 Å². The van der Waals surface area contributed by atoms with Crippen LogP contribution in [0.5, 0.6) is 0 Å². The van der Waals surface area contributed by atoms with E-state index in [4.69, 9.17) is 5.11 Å². The highest BCUT2D eigenvalue weighted by molar-refractivity contribution is 7.11. The predicted octanol–water partition coefficient (Wildman–Crippen LogP) is 2.70. The minimum atomic E-state index is -0.804. The number of hydrogen-bond acceptors (Lipinski definition) is 3. The third-order valence-electron chi connectivity index (χ3n) is 3.95. The van der Waals surface area contributed by atoms with Crippen LogP contribution in [-0.4, -0.2) is 35.0 Å². The number of carbonyl (C=O) groups excluding carboxylic acids is 1. The number of amides is 1. The maximum Gasteiger partial charge on any atom is 0.311 e. The molecule has 1 saturated heterocycles. The van der Waals surface area contributed by atoms with Gasteiger partial charge in [-0.25, -0.2) is 0 Å². The fraction of sp³-hybridized carbons (Fsp3) is 0.600. The first kappa shape index (κ1) is 15.0. The molecule has 0 radical (unpaired) electrons. The van der Waals surface area contributed by atoms with Gasteiger partial charge in [0.25, 0.3) is 0 Å². The van der Waals surface area contributed by atoms with Gasteiger partial charge in [-0.2, -0.15) is 0 Å². The van der Waals surface area contributed by atoms with E-state index in [1.54, 1.807) is 23.2 Å². The van der Waals surface area contributed by atoms with Crippen LogP contribution < -0.4 is 0 Å². The van der Waals surface area contributed by atoms with Crippen molar-refractivity contribution in [2.24, 2.45) is 5.41 Å². The highest BCUT2D eigenvalue weighted by Crippen LogP contribution is 2.30. The van der Waals surface area contributed by atoms with Crippen LogP contribution in [0.4, 0.5) is 0 Å². The lowest BCUT2D eigenvalue weighted by Crippen LogP contribution is -2.34. The molecule has 0 saturated carbocycles. The van der Waals surface area contributed by atoms with Crippen molar-refractivity contribution in [2.45, 2.75) is 39.5 Å². The average Bonchev–Trinajstić information content (AvgIpc) is 2.97. The molecule has 0 aliphatic carbocycles. The molecule has 4 nitrogen and oxygen atoms in total. The molecular weight excluding hydrogens is 274 g/mol. The first-order valence-corrected chi connectivity index (χ1v) is 7.79. The maximum absolute atomic E-state index is 12.1. The SMILES string of the molecule is Cc1ccc(CCCC(=O)N2CCC(C)(C(=O)O)C2)s1. The highest BCUT2D eigenvalue weighted by atomic mass is 32.1. The molecule has 20 heavy (non-hydrogen) atoms. The molecule has 2 heterocycles. The van der Waals surface area contributed by atoms with E-state index in [2.05, 4.69) is 19.1 Å². The Morgan fingerprint density at radius 1 is 1.45 bits per heavy atom. The molecule has 1 fully saturated rings. The predicted molar refractivity (Wildman–Crippen MR) is 78.9 cm³/mol. The van der Waals surface area contributed by atoms with Crippen molar-refractivity contribution in [3.8, 4) is 0 Å². The van der Waals surface area contributed by atoms with Crippen molar-refractivity contribution in [2.75, 3.05) is 13.1 Å². The second kappa shape index (κ2) is 5.95. The van der Waals surface area contributed by atoms with Crippen molar-refractivity contribution in [3.63, 3.8) is 0 Å². The Labute approximate surface area is 123 Å². The first-order valence-electron chi connectivity index (χ1n) is 6.97. The first-order chi connectivity index (χ1) is 9.40. The molecule has 0 bridgehead atoms.